The molecule has 30 heavy (non-hydrogen) atoms. The second-order valence-corrected chi connectivity index (χ2v) is 8.64. The molecule has 2 aromatic rings. The molecule has 0 aromatic heterocycles. The maximum atomic E-state index is 13.5. The maximum Gasteiger partial charge on any atom is 0.323 e. The van der Waals surface area contributed by atoms with Gasteiger partial charge in [-0.25, -0.2) is 0 Å². The SMILES string of the molecule is C[C@@H](OC(C)(C)C)[C@@H]1N=C(c2ccccc2)c2cc(Cl)ccc2N(CC(=O)O)C1=O. The number of fused-ring (bicyclic) bond motifs is 1. The molecular formula is C23H25ClN2O4. The van der Waals surface area contributed by atoms with Crippen molar-refractivity contribution in [1.82, 2.24) is 0 Å². The minimum atomic E-state index is -1.12. The number of halogens is 1. The number of aliphatic carboxylic acids is 1. The summed E-state index contributed by atoms with van der Waals surface area (Å²) in [6.07, 6.45) is -0.572. The molecule has 1 aliphatic heterocycles. The molecule has 7 heteroatoms. The van der Waals surface area contributed by atoms with Crippen molar-refractivity contribution >= 4 is 34.9 Å². The van der Waals surface area contributed by atoms with Gasteiger partial charge in [0, 0.05) is 16.1 Å². The first-order valence-corrected chi connectivity index (χ1v) is 10.1. The Morgan fingerprint density at radius 3 is 2.50 bits per heavy atom. The number of rotatable bonds is 5. The van der Waals surface area contributed by atoms with E-state index in [9.17, 15) is 14.7 Å². The molecule has 1 heterocycles. The van der Waals surface area contributed by atoms with Crippen molar-refractivity contribution in [1.29, 1.82) is 0 Å². The van der Waals surface area contributed by atoms with Gasteiger partial charge in [0.1, 0.15) is 6.54 Å². The minimum Gasteiger partial charge on any atom is -0.480 e. The zero-order valence-electron chi connectivity index (χ0n) is 17.4. The van der Waals surface area contributed by atoms with Crippen LogP contribution >= 0.6 is 11.6 Å². The molecule has 0 aliphatic carbocycles. The number of carboxylic acids is 1. The molecule has 2 aromatic carbocycles. The van der Waals surface area contributed by atoms with Crippen molar-refractivity contribution in [2.24, 2.45) is 4.99 Å². The number of ether oxygens (including phenoxy) is 1. The van der Waals surface area contributed by atoms with Gasteiger partial charge in [0.25, 0.3) is 5.91 Å². The Balaban J connectivity index is 2.23. The van der Waals surface area contributed by atoms with Crippen LogP contribution in [0.1, 0.15) is 38.8 Å². The third kappa shape index (κ3) is 4.89. The Hall–Kier alpha value is -2.70. The van der Waals surface area contributed by atoms with Gasteiger partial charge in [0.05, 0.1) is 23.1 Å². The van der Waals surface area contributed by atoms with Gasteiger partial charge in [-0.15, -0.1) is 0 Å². The zero-order valence-corrected chi connectivity index (χ0v) is 18.2. The molecule has 0 saturated carbocycles. The van der Waals surface area contributed by atoms with E-state index in [2.05, 4.69) is 0 Å². The summed E-state index contributed by atoms with van der Waals surface area (Å²) in [4.78, 5) is 31.1. The Bertz CT molecular complexity index is 982. The predicted molar refractivity (Wildman–Crippen MR) is 118 cm³/mol. The van der Waals surface area contributed by atoms with Crippen molar-refractivity contribution < 1.29 is 19.4 Å². The first kappa shape index (κ1) is 22.0. The fourth-order valence-electron chi connectivity index (χ4n) is 3.53. The lowest BCUT2D eigenvalue weighted by atomic mass is 10.00. The third-order valence-electron chi connectivity index (χ3n) is 4.62. The van der Waals surface area contributed by atoms with Gasteiger partial charge >= 0.3 is 5.97 Å². The number of anilines is 1. The molecule has 1 amide bonds. The molecule has 0 spiro atoms. The highest BCUT2D eigenvalue weighted by atomic mass is 35.5. The maximum absolute atomic E-state index is 13.5. The molecule has 158 valence electrons. The lowest BCUT2D eigenvalue weighted by Gasteiger charge is -2.30. The van der Waals surface area contributed by atoms with E-state index in [1.165, 1.54) is 4.90 Å². The van der Waals surface area contributed by atoms with E-state index in [0.29, 0.717) is 22.0 Å². The standard InChI is InChI=1S/C23H25ClN2O4/c1-14(30-23(2,3)4)20-22(29)26(13-19(27)28)18-11-10-16(24)12-17(18)21(25-20)15-8-6-5-7-9-15/h5-12,14,20H,13H2,1-4H3,(H,27,28)/t14-,20+/m1/s1. The molecule has 1 aliphatic rings. The molecule has 0 radical (unpaired) electrons. The number of amides is 1. The van der Waals surface area contributed by atoms with Crippen LogP contribution in [0.25, 0.3) is 0 Å². The molecule has 3 rings (SSSR count). The Morgan fingerprint density at radius 2 is 1.90 bits per heavy atom. The molecule has 2 atom stereocenters. The van der Waals surface area contributed by atoms with Gasteiger partial charge in [-0.2, -0.15) is 0 Å². The van der Waals surface area contributed by atoms with Gasteiger partial charge in [-0.3, -0.25) is 19.5 Å². The van der Waals surface area contributed by atoms with E-state index in [4.69, 9.17) is 21.3 Å². The first-order chi connectivity index (χ1) is 14.1. The highest BCUT2D eigenvalue weighted by molar-refractivity contribution is 6.32. The number of nitrogens with zero attached hydrogens (tertiary/aromatic N) is 2. The molecule has 6 nitrogen and oxygen atoms in total. The van der Waals surface area contributed by atoms with Gasteiger partial charge in [-0.1, -0.05) is 41.9 Å². The van der Waals surface area contributed by atoms with Crippen molar-refractivity contribution in [3.8, 4) is 0 Å². The van der Waals surface area contributed by atoms with Gasteiger partial charge in [-0.05, 0) is 45.9 Å². The van der Waals surface area contributed by atoms with Crippen molar-refractivity contribution in [2.45, 2.75) is 45.4 Å². The average Bonchev–Trinajstić information content (AvgIpc) is 2.76. The number of hydrogen-bond acceptors (Lipinski definition) is 4. The molecule has 0 unspecified atom stereocenters. The Labute approximate surface area is 181 Å². The Morgan fingerprint density at radius 1 is 1.23 bits per heavy atom. The number of benzodiazepines with no additional fused rings is 1. The molecule has 0 bridgehead atoms. The minimum absolute atomic E-state index is 0.427. The molecule has 1 N–H and O–H groups in total. The number of aliphatic imine (C=N–C) groups is 1. The van der Waals surface area contributed by atoms with Crippen molar-refractivity contribution in [3.05, 3.63) is 64.7 Å². The zero-order chi connectivity index (χ0) is 22.1. The van der Waals surface area contributed by atoms with Crippen LogP contribution in [0.5, 0.6) is 0 Å². The molecular weight excluding hydrogens is 404 g/mol. The highest BCUT2D eigenvalue weighted by Crippen LogP contribution is 2.32. The van der Waals surface area contributed by atoms with Crippen LogP contribution in [-0.4, -0.2) is 47.0 Å². The van der Waals surface area contributed by atoms with Crippen LogP contribution < -0.4 is 4.90 Å². The quantitative estimate of drug-likeness (QED) is 0.774. The normalized spacial score (nSPS) is 17.8. The molecule has 0 saturated heterocycles. The van der Waals surface area contributed by atoms with Crippen LogP contribution in [-0.2, 0) is 14.3 Å². The van der Waals surface area contributed by atoms with E-state index >= 15 is 0 Å². The van der Waals surface area contributed by atoms with Crippen LogP contribution in [0.2, 0.25) is 5.02 Å². The monoisotopic (exact) mass is 428 g/mol. The topological polar surface area (TPSA) is 79.2 Å². The molecule has 0 fully saturated rings. The summed E-state index contributed by atoms with van der Waals surface area (Å²) < 4.78 is 6.04. The van der Waals surface area contributed by atoms with Crippen molar-refractivity contribution in [2.75, 3.05) is 11.4 Å². The van der Waals surface area contributed by atoms with E-state index in [1.807, 2.05) is 51.1 Å². The van der Waals surface area contributed by atoms with E-state index < -0.39 is 36.2 Å². The van der Waals surface area contributed by atoms with Gasteiger partial charge in [0.15, 0.2) is 6.04 Å². The van der Waals surface area contributed by atoms with Crippen LogP contribution in [0.3, 0.4) is 0 Å². The largest absolute Gasteiger partial charge is 0.480 e. The van der Waals surface area contributed by atoms with E-state index in [1.54, 1.807) is 25.1 Å². The van der Waals surface area contributed by atoms with Gasteiger partial charge in [0.2, 0.25) is 0 Å². The number of benzene rings is 2. The fourth-order valence-corrected chi connectivity index (χ4v) is 3.70. The lowest BCUT2D eigenvalue weighted by Crippen LogP contribution is -2.47. The van der Waals surface area contributed by atoms with Gasteiger partial charge < -0.3 is 9.84 Å². The number of carbonyl (C=O) groups excluding carboxylic acids is 1. The summed E-state index contributed by atoms with van der Waals surface area (Å²) in [5.74, 6) is -1.54. The summed E-state index contributed by atoms with van der Waals surface area (Å²) in [6, 6.07) is 13.6. The summed E-state index contributed by atoms with van der Waals surface area (Å²) in [7, 11) is 0. The first-order valence-electron chi connectivity index (χ1n) is 9.71. The van der Waals surface area contributed by atoms with Crippen LogP contribution in [0.15, 0.2) is 53.5 Å². The second-order valence-electron chi connectivity index (χ2n) is 8.20. The van der Waals surface area contributed by atoms with Crippen LogP contribution in [0, 0.1) is 0 Å². The fraction of sp³-hybridized carbons (Fsp3) is 0.348. The Kier molecular flexibility index (Phi) is 6.29. The van der Waals surface area contributed by atoms with Crippen molar-refractivity contribution in [3.63, 3.8) is 0 Å². The summed E-state index contributed by atoms with van der Waals surface area (Å²) in [5.41, 5.74) is 1.94. The van der Waals surface area contributed by atoms with Crippen LogP contribution in [0.4, 0.5) is 5.69 Å². The third-order valence-corrected chi connectivity index (χ3v) is 4.85. The lowest BCUT2D eigenvalue weighted by molar-refractivity contribution is -0.137. The predicted octanol–water partition coefficient (Wildman–Crippen LogP) is 4.18. The summed E-state index contributed by atoms with van der Waals surface area (Å²) >= 11 is 6.26. The smallest absolute Gasteiger partial charge is 0.323 e. The second kappa shape index (κ2) is 8.58. The highest BCUT2D eigenvalue weighted by Gasteiger charge is 2.37. The number of carboxylic acid groups (broad SMARTS) is 1. The van der Waals surface area contributed by atoms with E-state index in [-0.39, 0.29) is 0 Å². The number of hydrogen-bond donors (Lipinski definition) is 1. The average molecular weight is 429 g/mol. The summed E-state index contributed by atoms with van der Waals surface area (Å²) in [6.45, 7) is 6.99. The summed E-state index contributed by atoms with van der Waals surface area (Å²) in [5, 5.41) is 9.93. The van der Waals surface area contributed by atoms with E-state index in [0.717, 1.165) is 5.56 Å². The number of carbonyl (C=O) groups is 2.